The van der Waals surface area contributed by atoms with Gasteiger partial charge in [-0.1, -0.05) is 41.9 Å². The Morgan fingerprint density at radius 2 is 1.83 bits per heavy atom. The summed E-state index contributed by atoms with van der Waals surface area (Å²) in [6.45, 7) is 4.93. The number of amides is 1. The van der Waals surface area contributed by atoms with Crippen molar-refractivity contribution >= 4 is 17.7 Å². The van der Waals surface area contributed by atoms with Crippen LogP contribution in [0.25, 0.3) is 0 Å². The molecule has 0 aliphatic carbocycles. The Labute approximate surface area is 210 Å². The Morgan fingerprint density at radius 1 is 1.09 bits per heavy atom. The summed E-state index contributed by atoms with van der Waals surface area (Å²) in [7, 11) is 0. The third-order valence-corrected chi connectivity index (χ3v) is 5.37. The molecule has 2 aromatic carbocycles. The summed E-state index contributed by atoms with van der Waals surface area (Å²) < 4.78 is 11.3. The van der Waals surface area contributed by atoms with E-state index in [-0.39, 0.29) is 13.2 Å². The van der Waals surface area contributed by atoms with Crippen molar-refractivity contribution in [2.45, 2.75) is 44.9 Å². The number of hydrogen-bond donors (Lipinski definition) is 2. The fourth-order valence-corrected chi connectivity index (χ4v) is 3.66. The standard InChI is InChI=1S/C27H31ClN2O5/c1-27(2,3)35-26(33)30(17-24(32)20-7-6-8-21(28)16-20)22(18-31)15-19-10-12-23(13-11-19)34-25-9-4-5-14-29-25/h4-14,16,22,24,31-32H,15,17-18H2,1-3H3/t22-,24-/m0/s1. The van der Waals surface area contributed by atoms with E-state index < -0.39 is 23.8 Å². The number of rotatable bonds is 9. The van der Waals surface area contributed by atoms with Crippen molar-refractivity contribution in [2.75, 3.05) is 13.2 Å². The van der Waals surface area contributed by atoms with Gasteiger partial charge in [0.2, 0.25) is 5.88 Å². The van der Waals surface area contributed by atoms with Crippen molar-refractivity contribution in [3.8, 4) is 11.6 Å². The predicted molar refractivity (Wildman–Crippen MR) is 135 cm³/mol. The van der Waals surface area contributed by atoms with Gasteiger partial charge < -0.3 is 19.7 Å². The zero-order valence-corrected chi connectivity index (χ0v) is 20.9. The molecule has 0 saturated carbocycles. The molecule has 0 unspecified atom stereocenters. The molecular formula is C27H31ClN2O5. The molecule has 0 aliphatic heterocycles. The largest absolute Gasteiger partial charge is 0.444 e. The number of carbonyl (C=O) groups is 1. The van der Waals surface area contributed by atoms with E-state index in [0.717, 1.165) is 5.56 Å². The molecule has 1 amide bonds. The Balaban J connectivity index is 1.77. The second kappa shape index (κ2) is 12.0. The molecule has 0 aliphatic rings. The zero-order valence-electron chi connectivity index (χ0n) is 20.1. The van der Waals surface area contributed by atoms with Gasteiger partial charge in [0.1, 0.15) is 11.4 Å². The average Bonchev–Trinajstić information content (AvgIpc) is 2.81. The molecule has 2 N–H and O–H groups in total. The number of hydrogen-bond acceptors (Lipinski definition) is 6. The molecule has 3 aromatic rings. The van der Waals surface area contributed by atoms with Gasteiger partial charge in [-0.15, -0.1) is 0 Å². The van der Waals surface area contributed by atoms with E-state index in [1.807, 2.05) is 24.3 Å². The van der Waals surface area contributed by atoms with Crippen molar-refractivity contribution in [1.82, 2.24) is 9.88 Å². The van der Waals surface area contributed by atoms with E-state index in [2.05, 4.69) is 4.98 Å². The van der Waals surface area contributed by atoms with Gasteiger partial charge in [-0.3, -0.25) is 4.90 Å². The molecule has 0 radical (unpaired) electrons. The molecule has 7 nitrogen and oxygen atoms in total. The van der Waals surface area contributed by atoms with Crippen molar-refractivity contribution < 1.29 is 24.5 Å². The number of aromatic nitrogens is 1. The monoisotopic (exact) mass is 498 g/mol. The van der Waals surface area contributed by atoms with Gasteiger partial charge in [-0.05, 0) is 68.7 Å². The van der Waals surface area contributed by atoms with Crippen molar-refractivity contribution in [2.24, 2.45) is 0 Å². The lowest BCUT2D eigenvalue weighted by atomic mass is 10.0. The number of pyridine rings is 1. The SMILES string of the molecule is CC(C)(C)OC(=O)N(C[C@H](O)c1cccc(Cl)c1)[C@H](CO)Cc1ccc(Oc2ccccn2)cc1. The molecule has 0 bridgehead atoms. The number of halogens is 1. The van der Waals surface area contributed by atoms with Gasteiger partial charge in [0.25, 0.3) is 0 Å². The van der Waals surface area contributed by atoms with E-state index in [1.54, 1.807) is 69.4 Å². The lowest BCUT2D eigenvalue weighted by Crippen LogP contribution is -2.48. The molecule has 0 fully saturated rings. The molecule has 186 valence electrons. The highest BCUT2D eigenvalue weighted by molar-refractivity contribution is 6.30. The highest BCUT2D eigenvalue weighted by atomic mass is 35.5. The summed E-state index contributed by atoms with van der Waals surface area (Å²) in [6, 6.07) is 18.9. The minimum absolute atomic E-state index is 0.0681. The van der Waals surface area contributed by atoms with Gasteiger partial charge in [-0.2, -0.15) is 0 Å². The van der Waals surface area contributed by atoms with Gasteiger partial charge >= 0.3 is 6.09 Å². The minimum Gasteiger partial charge on any atom is -0.444 e. The fourth-order valence-electron chi connectivity index (χ4n) is 3.47. The average molecular weight is 499 g/mol. The second-order valence-electron chi connectivity index (χ2n) is 9.16. The highest BCUT2D eigenvalue weighted by Crippen LogP contribution is 2.24. The van der Waals surface area contributed by atoms with E-state index in [0.29, 0.717) is 28.6 Å². The highest BCUT2D eigenvalue weighted by Gasteiger charge is 2.30. The summed E-state index contributed by atoms with van der Waals surface area (Å²) in [5, 5.41) is 21.5. The first-order valence-corrected chi connectivity index (χ1v) is 11.7. The summed E-state index contributed by atoms with van der Waals surface area (Å²) in [5.41, 5.74) is 0.711. The zero-order chi connectivity index (χ0) is 25.4. The molecule has 1 heterocycles. The third-order valence-electron chi connectivity index (χ3n) is 5.14. The fraction of sp³-hybridized carbons (Fsp3) is 0.333. The number of nitrogens with zero attached hydrogens (tertiary/aromatic N) is 2. The maximum absolute atomic E-state index is 13.1. The van der Waals surface area contributed by atoms with Gasteiger partial charge in [0.15, 0.2) is 0 Å². The lowest BCUT2D eigenvalue weighted by molar-refractivity contribution is -0.00373. The van der Waals surface area contributed by atoms with Crippen molar-refractivity contribution in [3.63, 3.8) is 0 Å². The second-order valence-corrected chi connectivity index (χ2v) is 9.59. The molecule has 1 aromatic heterocycles. The summed E-state index contributed by atoms with van der Waals surface area (Å²) in [6.07, 6.45) is 0.373. The Kier molecular flexibility index (Phi) is 9.09. The molecule has 0 spiro atoms. The van der Waals surface area contributed by atoms with E-state index >= 15 is 0 Å². The van der Waals surface area contributed by atoms with E-state index in [4.69, 9.17) is 21.1 Å². The van der Waals surface area contributed by atoms with Crippen LogP contribution in [0.3, 0.4) is 0 Å². The van der Waals surface area contributed by atoms with Crippen LogP contribution >= 0.6 is 11.6 Å². The van der Waals surface area contributed by atoms with Crippen LogP contribution in [0.4, 0.5) is 4.79 Å². The lowest BCUT2D eigenvalue weighted by Gasteiger charge is -2.34. The topological polar surface area (TPSA) is 92.1 Å². The molecular weight excluding hydrogens is 468 g/mol. The molecule has 8 heteroatoms. The normalized spacial score (nSPS) is 13.1. The first-order valence-electron chi connectivity index (χ1n) is 11.4. The van der Waals surface area contributed by atoms with Crippen LogP contribution in [0.15, 0.2) is 72.9 Å². The summed E-state index contributed by atoms with van der Waals surface area (Å²) >= 11 is 6.07. The number of aliphatic hydroxyl groups is 2. The molecule has 35 heavy (non-hydrogen) atoms. The van der Waals surface area contributed by atoms with Crippen LogP contribution in [0.2, 0.25) is 5.02 Å². The Bertz CT molecular complexity index is 1090. The predicted octanol–water partition coefficient (Wildman–Crippen LogP) is 5.40. The number of aliphatic hydroxyl groups excluding tert-OH is 2. The third kappa shape index (κ3) is 8.24. The van der Waals surface area contributed by atoms with Gasteiger partial charge in [0.05, 0.1) is 25.3 Å². The molecule has 2 atom stereocenters. The van der Waals surface area contributed by atoms with Crippen molar-refractivity contribution in [3.05, 3.63) is 89.1 Å². The van der Waals surface area contributed by atoms with Crippen LogP contribution < -0.4 is 4.74 Å². The minimum atomic E-state index is -1.01. The van der Waals surface area contributed by atoms with Crippen LogP contribution in [0.1, 0.15) is 38.0 Å². The van der Waals surface area contributed by atoms with Gasteiger partial charge in [0, 0.05) is 17.3 Å². The maximum atomic E-state index is 13.1. The quantitative estimate of drug-likeness (QED) is 0.410. The van der Waals surface area contributed by atoms with Crippen LogP contribution in [-0.2, 0) is 11.2 Å². The van der Waals surface area contributed by atoms with E-state index in [1.165, 1.54) is 4.90 Å². The van der Waals surface area contributed by atoms with Gasteiger partial charge in [-0.25, -0.2) is 9.78 Å². The number of benzene rings is 2. The summed E-state index contributed by atoms with van der Waals surface area (Å²) in [4.78, 5) is 18.6. The first kappa shape index (κ1) is 26.5. The van der Waals surface area contributed by atoms with Crippen molar-refractivity contribution in [1.29, 1.82) is 0 Å². The summed E-state index contributed by atoms with van der Waals surface area (Å²) in [5.74, 6) is 1.10. The Hall–Kier alpha value is -3.13. The molecule has 0 saturated heterocycles. The van der Waals surface area contributed by atoms with Crippen LogP contribution in [0.5, 0.6) is 11.6 Å². The number of ether oxygens (including phenoxy) is 2. The molecule has 3 rings (SSSR count). The number of carbonyl (C=O) groups excluding carboxylic acids is 1. The Morgan fingerprint density at radius 3 is 2.43 bits per heavy atom. The first-order chi connectivity index (χ1) is 16.6. The van der Waals surface area contributed by atoms with E-state index in [9.17, 15) is 15.0 Å². The van der Waals surface area contributed by atoms with Crippen LogP contribution in [0, 0.1) is 0 Å². The maximum Gasteiger partial charge on any atom is 0.410 e. The van der Waals surface area contributed by atoms with Crippen LogP contribution in [-0.4, -0.2) is 51.0 Å². The smallest absolute Gasteiger partial charge is 0.410 e.